The molecule has 1 aliphatic rings. The Kier molecular flexibility index (Phi) is 8.29. The molecule has 0 radical (unpaired) electrons. The SMILES string of the molecule is CC.CC(=O)CC1CCSCCN1C. The first-order chi connectivity index (χ1) is 6.70. The van der Waals surface area contributed by atoms with Gasteiger partial charge >= 0.3 is 0 Å². The highest BCUT2D eigenvalue weighted by Gasteiger charge is 2.18. The summed E-state index contributed by atoms with van der Waals surface area (Å²) in [5.74, 6) is 2.74. The molecule has 0 saturated carbocycles. The average Bonchev–Trinajstić information content (AvgIpc) is 2.35. The van der Waals surface area contributed by atoms with Gasteiger partial charge in [-0.05, 0) is 26.1 Å². The maximum absolute atomic E-state index is 10.9. The summed E-state index contributed by atoms with van der Waals surface area (Å²) >= 11 is 2.00. The number of hydrogen-bond acceptors (Lipinski definition) is 3. The van der Waals surface area contributed by atoms with Crippen molar-refractivity contribution in [3.8, 4) is 0 Å². The van der Waals surface area contributed by atoms with Crippen LogP contribution in [0, 0.1) is 0 Å². The highest BCUT2D eigenvalue weighted by molar-refractivity contribution is 7.99. The van der Waals surface area contributed by atoms with E-state index in [1.807, 2.05) is 25.6 Å². The van der Waals surface area contributed by atoms with E-state index in [9.17, 15) is 4.79 Å². The van der Waals surface area contributed by atoms with E-state index < -0.39 is 0 Å². The molecule has 1 unspecified atom stereocenters. The molecule has 1 aliphatic heterocycles. The van der Waals surface area contributed by atoms with Gasteiger partial charge in [-0.1, -0.05) is 13.8 Å². The first-order valence-corrected chi connectivity index (χ1v) is 6.63. The summed E-state index contributed by atoms with van der Waals surface area (Å²) in [4.78, 5) is 13.3. The van der Waals surface area contributed by atoms with E-state index in [1.54, 1.807) is 6.92 Å². The lowest BCUT2D eigenvalue weighted by atomic mass is 10.1. The molecule has 0 aliphatic carbocycles. The Balaban J connectivity index is 0.000000791. The summed E-state index contributed by atoms with van der Waals surface area (Å²) in [5, 5.41) is 0. The first-order valence-electron chi connectivity index (χ1n) is 5.47. The monoisotopic (exact) mass is 217 g/mol. The number of Topliss-reactive ketones (excluding diaryl/α,β-unsaturated/α-hetero) is 1. The third kappa shape index (κ3) is 5.66. The number of ketones is 1. The third-order valence-corrected chi connectivity index (χ3v) is 3.33. The van der Waals surface area contributed by atoms with Crippen LogP contribution >= 0.6 is 11.8 Å². The Morgan fingerprint density at radius 3 is 2.64 bits per heavy atom. The van der Waals surface area contributed by atoms with Gasteiger partial charge in [0, 0.05) is 24.8 Å². The summed E-state index contributed by atoms with van der Waals surface area (Å²) < 4.78 is 0. The minimum absolute atomic E-state index is 0.318. The number of hydrogen-bond donors (Lipinski definition) is 0. The van der Waals surface area contributed by atoms with Crippen molar-refractivity contribution in [1.82, 2.24) is 4.90 Å². The van der Waals surface area contributed by atoms with Gasteiger partial charge in [0.15, 0.2) is 0 Å². The van der Waals surface area contributed by atoms with Crippen LogP contribution < -0.4 is 0 Å². The van der Waals surface area contributed by atoms with E-state index in [0.29, 0.717) is 11.8 Å². The normalized spacial score (nSPS) is 23.3. The van der Waals surface area contributed by atoms with Crippen molar-refractivity contribution in [2.24, 2.45) is 0 Å². The molecule has 2 nitrogen and oxygen atoms in total. The van der Waals surface area contributed by atoms with Crippen LogP contribution in [0.1, 0.15) is 33.6 Å². The van der Waals surface area contributed by atoms with Gasteiger partial charge in [0.05, 0.1) is 0 Å². The highest BCUT2D eigenvalue weighted by atomic mass is 32.2. The van der Waals surface area contributed by atoms with Crippen molar-refractivity contribution in [1.29, 1.82) is 0 Å². The molecule has 14 heavy (non-hydrogen) atoms. The predicted molar refractivity (Wildman–Crippen MR) is 65.0 cm³/mol. The molecule has 0 amide bonds. The Morgan fingerprint density at radius 2 is 2.07 bits per heavy atom. The molecule has 1 heterocycles. The molecule has 1 fully saturated rings. The fraction of sp³-hybridized carbons (Fsp3) is 0.909. The molecular formula is C11H23NOS. The van der Waals surface area contributed by atoms with Crippen LogP contribution in [0.2, 0.25) is 0 Å². The molecule has 0 N–H and O–H groups in total. The van der Waals surface area contributed by atoms with Gasteiger partial charge in [0.25, 0.3) is 0 Å². The Labute approximate surface area is 92.4 Å². The minimum atomic E-state index is 0.318. The molecular weight excluding hydrogens is 194 g/mol. The molecule has 0 aromatic rings. The number of nitrogens with zero attached hydrogens (tertiary/aromatic N) is 1. The van der Waals surface area contributed by atoms with Crippen molar-refractivity contribution in [3.05, 3.63) is 0 Å². The maximum Gasteiger partial charge on any atom is 0.131 e. The summed E-state index contributed by atoms with van der Waals surface area (Å²) in [6.07, 6.45) is 1.90. The molecule has 0 aromatic carbocycles. The van der Waals surface area contributed by atoms with Crippen LogP contribution in [0.3, 0.4) is 0 Å². The molecule has 1 atom stereocenters. The van der Waals surface area contributed by atoms with Gasteiger partial charge < -0.3 is 4.90 Å². The van der Waals surface area contributed by atoms with Crippen LogP contribution in [0.5, 0.6) is 0 Å². The number of thioether (sulfide) groups is 1. The summed E-state index contributed by atoms with van der Waals surface area (Å²) in [7, 11) is 2.12. The van der Waals surface area contributed by atoms with E-state index in [2.05, 4.69) is 11.9 Å². The highest BCUT2D eigenvalue weighted by Crippen LogP contribution is 2.17. The quantitative estimate of drug-likeness (QED) is 0.708. The number of rotatable bonds is 2. The number of carbonyl (C=O) groups is 1. The topological polar surface area (TPSA) is 20.3 Å². The summed E-state index contributed by atoms with van der Waals surface area (Å²) in [5.41, 5.74) is 0. The standard InChI is InChI=1S/C9H17NOS.C2H6/c1-8(11)7-9-3-5-12-6-4-10(9)2;1-2/h9H,3-7H2,1-2H3;1-2H3. The van der Waals surface area contributed by atoms with Gasteiger partial charge in [0.2, 0.25) is 0 Å². The molecule has 1 rings (SSSR count). The average molecular weight is 217 g/mol. The third-order valence-electron chi connectivity index (χ3n) is 2.33. The van der Waals surface area contributed by atoms with Gasteiger partial charge in [-0.3, -0.25) is 4.79 Å². The van der Waals surface area contributed by atoms with Crippen molar-refractivity contribution >= 4 is 17.5 Å². The second-order valence-corrected chi connectivity index (χ2v) is 4.67. The van der Waals surface area contributed by atoms with Crippen LogP contribution in [0.4, 0.5) is 0 Å². The van der Waals surface area contributed by atoms with E-state index >= 15 is 0 Å². The zero-order valence-electron chi connectivity index (χ0n) is 9.88. The fourth-order valence-electron chi connectivity index (χ4n) is 1.52. The molecule has 0 bridgehead atoms. The smallest absolute Gasteiger partial charge is 0.131 e. The van der Waals surface area contributed by atoms with E-state index in [0.717, 1.165) is 13.0 Å². The van der Waals surface area contributed by atoms with Gasteiger partial charge in [-0.25, -0.2) is 0 Å². The predicted octanol–water partition coefficient (Wildman–Crippen LogP) is 2.43. The van der Waals surface area contributed by atoms with Crippen LogP contribution in [0.25, 0.3) is 0 Å². The Morgan fingerprint density at radius 1 is 1.43 bits per heavy atom. The maximum atomic E-state index is 10.9. The molecule has 84 valence electrons. The fourth-order valence-corrected chi connectivity index (χ4v) is 2.58. The zero-order chi connectivity index (χ0) is 11.0. The van der Waals surface area contributed by atoms with Crippen molar-refractivity contribution in [2.45, 2.75) is 39.7 Å². The lowest BCUT2D eigenvalue weighted by Crippen LogP contribution is -2.33. The van der Waals surface area contributed by atoms with Gasteiger partial charge in [0.1, 0.15) is 5.78 Å². The van der Waals surface area contributed by atoms with E-state index in [-0.39, 0.29) is 0 Å². The Bertz CT molecular complexity index is 161. The van der Waals surface area contributed by atoms with Gasteiger partial charge in [-0.2, -0.15) is 11.8 Å². The van der Waals surface area contributed by atoms with Crippen molar-refractivity contribution in [2.75, 3.05) is 25.1 Å². The van der Waals surface area contributed by atoms with Crippen molar-refractivity contribution < 1.29 is 4.79 Å². The molecule has 0 spiro atoms. The van der Waals surface area contributed by atoms with E-state index in [1.165, 1.54) is 17.9 Å². The lowest BCUT2D eigenvalue weighted by Gasteiger charge is -2.23. The van der Waals surface area contributed by atoms with Crippen LogP contribution in [-0.4, -0.2) is 41.8 Å². The second-order valence-electron chi connectivity index (χ2n) is 3.44. The molecule has 0 aromatic heterocycles. The summed E-state index contributed by atoms with van der Waals surface area (Å²) in [6, 6.07) is 0.498. The second kappa shape index (κ2) is 8.30. The number of carbonyl (C=O) groups excluding carboxylic acids is 1. The summed E-state index contributed by atoms with van der Waals surface area (Å²) in [6.45, 7) is 6.81. The minimum Gasteiger partial charge on any atom is -0.302 e. The van der Waals surface area contributed by atoms with Crippen LogP contribution in [-0.2, 0) is 4.79 Å². The lowest BCUT2D eigenvalue weighted by molar-refractivity contribution is -0.118. The van der Waals surface area contributed by atoms with Crippen LogP contribution in [0.15, 0.2) is 0 Å². The Hall–Kier alpha value is -0.0200. The molecule has 1 saturated heterocycles. The largest absolute Gasteiger partial charge is 0.302 e. The van der Waals surface area contributed by atoms with Crippen molar-refractivity contribution in [3.63, 3.8) is 0 Å². The molecule has 3 heteroatoms. The van der Waals surface area contributed by atoms with E-state index in [4.69, 9.17) is 0 Å². The van der Waals surface area contributed by atoms with Gasteiger partial charge in [-0.15, -0.1) is 0 Å². The first kappa shape index (κ1) is 14.0. The zero-order valence-corrected chi connectivity index (χ0v) is 10.7.